The summed E-state index contributed by atoms with van der Waals surface area (Å²) < 4.78 is 12.9. The van der Waals surface area contributed by atoms with E-state index in [1.807, 2.05) is 6.92 Å². The van der Waals surface area contributed by atoms with Crippen LogP contribution in [0.5, 0.6) is 0 Å². The third-order valence-corrected chi connectivity index (χ3v) is 3.98. The molecule has 6 nitrogen and oxygen atoms in total. The van der Waals surface area contributed by atoms with Crippen LogP contribution in [0, 0.1) is 11.7 Å². The number of carbonyl (C=O) groups excluding carboxylic acids is 2. The van der Waals surface area contributed by atoms with Crippen LogP contribution in [0.3, 0.4) is 0 Å². The average Bonchev–Trinajstić information content (AvgIpc) is 2.65. The average molecular weight is 372 g/mol. The zero-order valence-corrected chi connectivity index (χ0v) is 14.9. The van der Waals surface area contributed by atoms with Gasteiger partial charge in [-0.05, 0) is 48.9 Å². The van der Waals surface area contributed by atoms with E-state index in [1.165, 1.54) is 30.3 Å². The first-order chi connectivity index (χ1) is 12.9. The van der Waals surface area contributed by atoms with Gasteiger partial charge in [0.1, 0.15) is 5.82 Å². The Morgan fingerprint density at radius 3 is 2.37 bits per heavy atom. The number of nitrogens with one attached hydrogen (secondary N) is 2. The lowest BCUT2D eigenvalue weighted by Gasteiger charge is -2.13. The molecule has 0 bridgehead atoms. The molecule has 0 fully saturated rings. The zero-order chi connectivity index (χ0) is 19.8. The minimum Gasteiger partial charge on any atom is -0.481 e. The van der Waals surface area contributed by atoms with Crippen LogP contribution in [-0.2, 0) is 4.79 Å². The van der Waals surface area contributed by atoms with E-state index < -0.39 is 29.5 Å². The lowest BCUT2D eigenvalue weighted by atomic mass is 10.0. The largest absolute Gasteiger partial charge is 0.481 e. The van der Waals surface area contributed by atoms with E-state index in [9.17, 15) is 18.8 Å². The first-order valence-corrected chi connectivity index (χ1v) is 8.58. The monoisotopic (exact) mass is 372 g/mol. The van der Waals surface area contributed by atoms with Gasteiger partial charge in [0, 0.05) is 23.4 Å². The number of halogens is 1. The molecule has 7 heteroatoms. The second-order valence-corrected chi connectivity index (χ2v) is 6.08. The van der Waals surface area contributed by atoms with E-state index in [1.54, 1.807) is 18.2 Å². The van der Waals surface area contributed by atoms with Gasteiger partial charge in [-0.1, -0.05) is 19.4 Å². The van der Waals surface area contributed by atoms with Crippen molar-refractivity contribution in [1.29, 1.82) is 0 Å². The van der Waals surface area contributed by atoms with Crippen LogP contribution < -0.4 is 10.6 Å². The molecule has 0 saturated heterocycles. The number of rotatable bonds is 8. The fourth-order valence-electron chi connectivity index (χ4n) is 2.52. The van der Waals surface area contributed by atoms with Gasteiger partial charge < -0.3 is 15.7 Å². The summed E-state index contributed by atoms with van der Waals surface area (Å²) in [5.41, 5.74) is 0.989. The molecule has 1 atom stereocenters. The lowest BCUT2D eigenvalue weighted by Crippen LogP contribution is -2.33. The van der Waals surface area contributed by atoms with Crippen molar-refractivity contribution in [2.45, 2.75) is 19.8 Å². The maximum Gasteiger partial charge on any atom is 0.308 e. The Bertz CT molecular complexity index is 821. The van der Waals surface area contributed by atoms with Crippen molar-refractivity contribution in [1.82, 2.24) is 5.32 Å². The van der Waals surface area contributed by atoms with E-state index in [0.717, 1.165) is 0 Å². The summed E-state index contributed by atoms with van der Waals surface area (Å²) >= 11 is 0. The molecule has 0 aliphatic rings. The van der Waals surface area contributed by atoms with Crippen molar-refractivity contribution < 1.29 is 23.9 Å². The Kier molecular flexibility index (Phi) is 7.05. The highest BCUT2D eigenvalue weighted by Crippen LogP contribution is 2.13. The zero-order valence-electron chi connectivity index (χ0n) is 14.9. The van der Waals surface area contributed by atoms with Gasteiger partial charge in [0.05, 0.1) is 5.92 Å². The third kappa shape index (κ3) is 5.91. The molecule has 2 aromatic rings. The summed E-state index contributed by atoms with van der Waals surface area (Å²) in [6.45, 7) is 1.92. The minimum absolute atomic E-state index is 0.0359. The van der Waals surface area contributed by atoms with Gasteiger partial charge in [-0.3, -0.25) is 14.4 Å². The number of carboxylic acids is 1. The van der Waals surface area contributed by atoms with Crippen molar-refractivity contribution in [3.8, 4) is 0 Å². The molecule has 2 aromatic carbocycles. The molecule has 2 amide bonds. The van der Waals surface area contributed by atoms with Crippen molar-refractivity contribution in [3.05, 3.63) is 65.5 Å². The maximum atomic E-state index is 12.9. The number of benzene rings is 2. The van der Waals surface area contributed by atoms with Crippen molar-refractivity contribution in [2.24, 2.45) is 5.92 Å². The molecule has 0 radical (unpaired) electrons. The second-order valence-electron chi connectivity index (χ2n) is 6.08. The van der Waals surface area contributed by atoms with Crippen LogP contribution in [0.15, 0.2) is 48.5 Å². The molecular weight excluding hydrogens is 351 g/mol. The fraction of sp³-hybridized carbons (Fsp3) is 0.250. The molecule has 1 unspecified atom stereocenters. The highest BCUT2D eigenvalue weighted by molar-refractivity contribution is 6.05. The molecule has 0 heterocycles. The Balaban J connectivity index is 2.01. The van der Waals surface area contributed by atoms with Gasteiger partial charge >= 0.3 is 5.97 Å². The minimum atomic E-state index is -0.947. The predicted octanol–water partition coefficient (Wildman–Crippen LogP) is 3.31. The summed E-state index contributed by atoms with van der Waals surface area (Å²) in [4.78, 5) is 35.6. The summed E-state index contributed by atoms with van der Waals surface area (Å²) in [5, 5.41) is 14.4. The first-order valence-electron chi connectivity index (χ1n) is 8.58. The van der Waals surface area contributed by atoms with Gasteiger partial charge in [-0.15, -0.1) is 0 Å². The lowest BCUT2D eigenvalue weighted by molar-refractivity contribution is -0.141. The van der Waals surface area contributed by atoms with Crippen molar-refractivity contribution >= 4 is 23.5 Å². The summed E-state index contributed by atoms with van der Waals surface area (Å²) in [6.07, 6.45) is 1.18. The maximum absolute atomic E-state index is 12.9. The number of aliphatic carboxylic acids is 1. The van der Waals surface area contributed by atoms with E-state index in [4.69, 9.17) is 5.11 Å². The van der Waals surface area contributed by atoms with Gasteiger partial charge in [0.2, 0.25) is 0 Å². The molecule has 0 aliphatic carbocycles. The van der Waals surface area contributed by atoms with E-state index >= 15 is 0 Å². The van der Waals surface area contributed by atoms with Crippen LogP contribution in [0.2, 0.25) is 0 Å². The Labute approximate surface area is 156 Å². The Hall–Kier alpha value is -3.22. The van der Waals surface area contributed by atoms with Gasteiger partial charge in [-0.25, -0.2) is 4.39 Å². The molecule has 0 aromatic heterocycles. The standard InChI is InChI=1S/C20H21FN2O4/c1-2-4-15(20(26)27)12-22-18(24)14-5-3-6-17(11-14)23-19(25)13-7-9-16(21)10-8-13/h3,5-11,15H,2,4,12H2,1H3,(H,22,24)(H,23,25)(H,26,27). The highest BCUT2D eigenvalue weighted by atomic mass is 19.1. The molecule has 2 rings (SSSR count). The summed E-state index contributed by atoms with van der Waals surface area (Å²) in [6, 6.07) is 11.4. The smallest absolute Gasteiger partial charge is 0.308 e. The van der Waals surface area contributed by atoms with Gasteiger partial charge in [-0.2, -0.15) is 0 Å². The first kappa shape index (κ1) is 20.1. The van der Waals surface area contributed by atoms with Crippen LogP contribution in [0.25, 0.3) is 0 Å². The number of carboxylic acid groups (broad SMARTS) is 1. The topological polar surface area (TPSA) is 95.5 Å². The Morgan fingerprint density at radius 2 is 1.74 bits per heavy atom. The molecule has 27 heavy (non-hydrogen) atoms. The second kappa shape index (κ2) is 9.47. The van der Waals surface area contributed by atoms with E-state index in [0.29, 0.717) is 24.1 Å². The molecule has 142 valence electrons. The third-order valence-electron chi connectivity index (χ3n) is 3.98. The number of carbonyl (C=O) groups is 3. The summed E-state index contributed by atoms with van der Waals surface area (Å²) in [5.74, 6) is -2.87. The molecular formula is C20H21FN2O4. The van der Waals surface area contributed by atoms with Crippen LogP contribution >= 0.6 is 0 Å². The Morgan fingerprint density at radius 1 is 1.04 bits per heavy atom. The normalized spacial score (nSPS) is 11.5. The number of anilines is 1. The highest BCUT2D eigenvalue weighted by Gasteiger charge is 2.18. The van der Waals surface area contributed by atoms with Gasteiger partial charge in [0.25, 0.3) is 11.8 Å². The van der Waals surface area contributed by atoms with Crippen LogP contribution in [0.1, 0.15) is 40.5 Å². The number of amides is 2. The molecule has 0 saturated carbocycles. The molecule has 3 N–H and O–H groups in total. The molecule has 0 aliphatic heterocycles. The number of hydrogen-bond donors (Lipinski definition) is 3. The SMILES string of the molecule is CCCC(CNC(=O)c1cccc(NC(=O)c2ccc(F)cc2)c1)C(=O)O. The fourth-order valence-corrected chi connectivity index (χ4v) is 2.52. The van der Waals surface area contributed by atoms with Crippen molar-refractivity contribution in [2.75, 3.05) is 11.9 Å². The summed E-state index contributed by atoms with van der Waals surface area (Å²) in [7, 11) is 0. The van der Waals surface area contributed by atoms with Crippen LogP contribution in [0.4, 0.5) is 10.1 Å². The quantitative estimate of drug-likeness (QED) is 0.662. The number of hydrogen-bond acceptors (Lipinski definition) is 3. The van der Waals surface area contributed by atoms with E-state index in [-0.39, 0.29) is 12.1 Å². The van der Waals surface area contributed by atoms with E-state index in [2.05, 4.69) is 10.6 Å². The predicted molar refractivity (Wildman–Crippen MR) is 99.2 cm³/mol. The molecule has 0 spiro atoms. The van der Waals surface area contributed by atoms with Crippen molar-refractivity contribution in [3.63, 3.8) is 0 Å². The van der Waals surface area contributed by atoms with Gasteiger partial charge in [0.15, 0.2) is 0 Å². The van der Waals surface area contributed by atoms with Crippen LogP contribution in [-0.4, -0.2) is 29.4 Å².